The van der Waals surface area contributed by atoms with Crippen molar-refractivity contribution in [2.24, 2.45) is 0 Å². The first-order valence-electron chi connectivity index (χ1n) is 6.76. The number of piperazine rings is 1. The molecule has 0 aromatic rings. The van der Waals surface area contributed by atoms with Gasteiger partial charge in [0, 0.05) is 19.5 Å². The van der Waals surface area contributed by atoms with Crippen molar-refractivity contribution in [2.75, 3.05) is 19.6 Å². The lowest BCUT2D eigenvalue weighted by Crippen LogP contribution is -2.61. The molecule has 1 unspecified atom stereocenters. The van der Waals surface area contributed by atoms with Crippen LogP contribution in [0.3, 0.4) is 0 Å². The molecule has 0 N–H and O–H groups in total. The molecule has 0 aromatic carbocycles. The monoisotopic (exact) mass is 248 g/mol. The fourth-order valence-corrected chi connectivity index (χ4v) is 2.75. The van der Waals surface area contributed by atoms with E-state index < -0.39 is 0 Å². The van der Waals surface area contributed by atoms with Crippen LogP contribution >= 0.6 is 0 Å². The highest BCUT2D eigenvalue weighted by atomic mass is 16.2. The summed E-state index contributed by atoms with van der Waals surface area (Å²) >= 11 is 0. The summed E-state index contributed by atoms with van der Waals surface area (Å²) in [7, 11) is 0. The van der Waals surface area contributed by atoms with Gasteiger partial charge in [0.25, 0.3) is 0 Å². The Hall–Kier alpha value is -1.50. The predicted molar refractivity (Wildman–Crippen MR) is 68.6 cm³/mol. The average molecular weight is 248 g/mol. The minimum atomic E-state index is -0.187. The Labute approximate surface area is 108 Å². The maximum atomic E-state index is 12.3. The third-order valence-electron chi connectivity index (χ3n) is 3.75. The van der Waals surface area contributed by atoms with Crippen LogP contribution in [-0.4, -0.2) is 47.3 Å². The van der Waals surface area contributed by atoms with E-state index in [1.54, 1.807) is 9.80 Å². The highest BCUT2D eigenvalue weighted by Gasteiger charge is 2.39. The molecular weight excluding hydrogens is 228 g/mol. The summed E-state index contributed by atoms with van der Waals surface area (Å²) < 4.78 is 0. The molecular formula is C14H20N2O2. The van der Waals surface area contributed by atoms with Crippen LogP contribution in [0.1, 0.15) is 38.5 Å². The van der Waals surface area contributed by atoms with Gasteiger partial charge in [-0.3, -0.25) is 9.59 Å². The molecule has 1 atom stereocenters. The number of amides is 2. The average Bonchev–Trinajstić information content (AvgIpc) is 2.40. The molecule has 0 radical (unpaired) electrons. The van der Waals surface area contributed by atoms with Crippen molar-refractivity contribution < 1.29 is 9.59 Å². The van der Waals surface area contributed by atoms with Gasteiger partial charge in [0.05, 0.1) is 6.54 Å². The summed E-state index contributed by atoms with van der Waals surface area (Å²) in [5.74, 6) is 2.83. The molecule has 2 aliphatic rings. The number of nitrogens with zero attached hydrogens (tertiary/aromatic N) is 2. The molecule has 0 aliphatic carbocycles. The fraction of sp³-hybridized carbons (Fsp3) is 0.714. The van der Waals surface area contributed by atoms with Crippen LogP contribution < -0.4 is 0 Å². The van der Waals surface area contributed by atoms with E-state index in [0.717, 1.165) is 45.1 Å². The van der Waals surface area contributed by atoms with Gasteiger partial charge in [-0.2, -0.15) is 0 Å². The maximum Gasteiger partial charge on any atom is 0.245 e. The van der Waals surface area contributed by atoms with E-state index in [0.29, 0.717) is 6.54 Å². The van der Waals surface area contributed by atoms with E-state index in [4.69, 9.17) is 6.42 Å². The van der Waals surface area contributed by atoms with Gasteiger partial charge in [-0.05, 0) is 32.1 Å². The lowest BCUT2D eigenvalue weighted by atomic mass is 9.98. The molecule has 98 valence electrons. The standard InChI is InChI=1S/C14H20N2O2/c1-2-3-4-6-9-15-11-13(17)16-10-7-5-8-12(16)14(15)18/h1,12H,3-11H2. The van der Waals surface area contributed by atoms with Crippen molar-refractivity contribution in [3.63, 3.8) is 0 Å². The Bertz CT molecular complexity index is 372. The quantitative estimate of drug-likeness (QED) is 0.550. The number of carbonyl (C=O) groups excluding carboxylic acids is 2. The number of fused-ring (bicyclic) bond motifs is 1. The van der Waals surface area contributed by atoms with E-state index in [9.17, 15) is 9.59 Å². The molecule has 2 rings (SSSR count). The molecule has 2 aliphatic heterocycles. The second kappa shape index (κ2) is 5.90. The van der Waals surface area contributed by atoms with Crippen molar-refractivity contribution in [3.8, 4) is 12.3 Å². The second-order valence-electron chi connectivity index (χ2n) is 5.02. The molecule has 2 fully saturated rings. The van der Waals surface area contributed by atoms with Crippen LogP contribution in [0.5, 0.6) is 0 Å². The highest BCUT2D eigenvalue weighted by Crippen LogP contribution is 2.23. The number of piperidine rings is 1. The largest absolute Gasteiger partial charge is 0.332 e. The van der Waals surface area contributed by atoms with Crippen LogP contribution in [0.25, 0.3) is 0 Å². The van der Waals surface area contributed by atoms with Gasteiger partial charge in [0.1, 0.15) is 6.04 Å². The van der Waals surface area contributed by atoms with Crippen molar-refractivity contribution in [1.29, 1.82) is 0 Å². The molecule has 0 spiro atoms. The zero-order valence-electron chi connectivity index (χ0n) is 10.7. The van der Waals surface area contributed by atoms with Crippen LogP contribution in [0.4, 0.5) is 0 Å². The minimum Gasteiger partial charge on any atom is -0.332 e. The van der Waals surface area contributed by atoms with Crippen molar-refractivity contribution in [2.45, 2.75) is 44.6 Å². The summed E-state index contributed by atoms with van der Waals surface area (Å²) in [6.45, 7) is 1.67. The summed E-state index contributed by atoms with van der Waals surface area (Å²) in [5, 5.41) is 0. The zero-order chi connectivity index (χ0) is 13.0. The van der Waals surface area contributed by atoms with E-state index in [1.165, 1.54) is 0 Å². The number of hydrogen-bond acceptors (Lipinski definition) is 2. The Morgan fingerprint density at radius 1 is 1.28 bits per heavy atom. The molecule has 18 heavy (non-hydrogen) atoms. The molecule has 2 heterocycles. The molecule has 4 nitrogen and oxygen atoms in total. The van der Waals surface area contributed by atoms with Gasteiger partial charge < -0.3 is 9.80 Å². The Balaban J connectivity index is 1.91. The van der Waals surface area contributed by atoms with Gasteiger partial charge in [-0.15, -0.1) is 12.3 Å². The SMILES string of the molecule is C#CCCCCN1CC(=O)N2CCCCC2C1=O. The van der Waals surface area contributed by atoms with Gasteiger partial charge in [-0.25, -0.2) is 0 Å². The normalized spacial score (nSPS) is 23.8. The van der Waals surface area contributed by atoms with E-state index >= 15 is 0 Å². The Morgan fingerprint density at radius 3 is 2.89 bits per heavy atom. The van der Waals surface area contributed by atoms with Crippen LogP contribution in [-0.2, 0) is 9.59 Å². The topological polar surface area (TPSA) is 40.6 Å². The molecule has 4 heteroatoms. The minimum absolute atomic E-state index is 0.108. The number of hydrogen-bond donors (Lipinski definition) is 0. The molecule has 2 saturated heterocycles. The first-order valence-corrected chi connectivity index (χ1v) is 6.76. The number of unbranched alkanes of at least 4 members (excludes halogenated alkanes) is 2. The summed E-state index contributed by atoms with van der Waals surface area (Å²) in [5.41, 5.74) is 0. The summed E-state index contributed by atoms with van der Waals surface area (Å²) in [6, 6.07) is -0.187. The van der Waals surface area contributed by atoms with E-state index in [1.807, 2.05) is 0 Å². The third kappa shape index (κ3) is 2.66. The Kier molecular flexibility index (Phi) is 4.24. The summed E-state index contributed by atoms with van der Waals surface area (Å²) in [4.78, 5) is 27.7. The maximum absolute atomic E-state index is 12.3. The lowest BCUT2D eigenvalue weighted by Gasteiger charge is -2.42. The zero-order valence-corrected chi connectivity index (χ0v) is 10.7. The van der Waals surface area contributed by atoms with Gasteiger partial charge in [0.2, 0.25) is 11.8 Å². The van der Waals surface area contributed by atoms with Crippen LogP contribution in [0.2, 0.25) is 0 Å². The predicted octanol–water partition coefficient (Wildman–Crippen LogP) is 1.01. The first kappa shape index (κ1) is 12.9. The number of rotatable bonds is 4. The molecule has 0 bridgehead atoms. The van der Waals surface area contributed by atoms with Crippen molar-refractivity contribution in [1.82, 2.24) is 9.80 Å². The van der Waals surface area contributed by atoms with Crippen LogP contribution in [0.15, 0.2) is 0 Å². The highest BCUT2D eigenvalue weighted by molar-refractivity contribution is 5.95. The first-order chi connectivity index (χ1) is 8.74. The molecule has 0 aromatic heterocycles. The smallest absolute Gasteiger partial charge is 0.245 e. The van der Waals surface area contributed by atoms with Crippen molar-refractivity contribution >= 4 is 11.8 Å². The third-order valence-corrected chi connectivity index (χ3v) is 3.75. The second-order valence-corrected chi connectivity index (χ2v) is 5.02. The summed E-state index contributed by atoms with van der Waals surface area (Å²) in [6.07, 6.45) is 10.6. The van der Waals surface area contributed by atoms with Gasteiger partial charge in [-0.1, -0.05) is 0 Å². The van der Waals surface area contributed by atoms with Crippen LogP contribution in [0, 0.1) is 12.3 Å². The molecule has 2 amide bonds. The van der Waals surface area contributed by atoms with Gasteiger partial charge >= 0.3 is 0 Å². The molecule has 0 saturated carbocycles. The van der Waals surface area contributed by atoms with Crippen molar-refractivity contribution in [3.05, 3.63) is 0 Å². The van der Waals surface area contributed by atoms with E-state index in [-0.39, 0.29) is 24.4 Å². The lowest BCUT2D eigenvalue weighted by molar-refractivity contribution is -0.157. The number of terminal acetylenes is 1. The van der Waals surface area contributed by atoms with Gasteiger partial charge in [0.15, 0.2) is 0 Å². The number of carbonyl (C=O) groups is 2. The van der Waals surface area contributed by atoms with E-state index in [2.05, 4.69) is 5.92 Å². The fourth-order valence-electron chi connectivity index (χ4n) is 2.75. The Morgan fingerprint density at radius 2 is 2.11 bits per heavy atom.